The van der Waals surface area contributed by atoms with Crippen molar-refractivity contribution in [2.24, 2.45) is 5.92 Å². The molecule has 0 saturated heterocycles. The summed E-state index contributed by atoms with van der Waals surface area (Å²) in [4.78, 5) is 20.8. The second-order valence-electron chi connectivity index (χ2n) is 5.19. The van der Waals surface area contributed by atoms with Crippen LogP contribution in [0.2, 0.25) is 0 Å². The number of fused-ring (bicyclic) bond motifs is 1. The van der Waals surface area contributed by atoms with E-state index in [4.69, 9.17) is 14.6 Å². The van der Waals surface area contributed by atoms with E-state index in [1.54, 1.807) is 18.2 Å². The molecule has 0 unspecified atom stereocenters. The fourth-order valence-electron chi connectivity index (χ4n) is 2.48. The number of aliphatic carboxylic acids is 1. The lowest BCUT2D eigenvalue weighted by atomic mass is 9.90. The fraction of sp³-hybridized carbons (Fsp3) is 0.500. The Hall–Kier alpha value is -2.04. The Balaban J connectivity index is 0.000000161. The van der Waals surface area contributed by atoms with Gasteiger partial charge in [-0.3, -0.25) is 9.59 Å². The fourth-order valence-corrected chi connectivity index (χ4v) is 2.48. The van der Waals surface area contributed by atoms with E-state index in [1.807, 2.05) is 0 Å². The zero-order valence-electron chi connectivity index (χ0n) is 11.9. The third-order valence-electron chi connectivity index (χ3n) is 3.66. The van der Waals surface area contributed by atoms with Crippen LogP contribution in [-0.4, -0.2) is 30.6 Å². The van der Waals surface area contributed by atoms with E-state index >= 15 is 0 Å². The Bertz CT molecular complexity index is 491. The van der Waals surface area contributed by atoms with Gasteiger partial charge in [0, 0.05) is 5.56 Å². The molecular formula is C16H20O5. The molecule has 1 saturated carbocycles. The topological polar surface area (TPSA) is 72.8 Å². The molecule has 1 aromatic rings. The Morgan fingerprint density at radius 3 is 2.33 bits per heavy atom. The lowest BCUT2D eigenvalue weighted by Gasteiger charge is -2.17. The molecule has 0 aromatic heterocycles. The summed E-state index contributed by atoms with van der Waals surface area (Å²) in [5, 5.41) is 8.54. The number of carbonyl (C=O) groups excluding carboxylic acids is 1. The van der Waals surface area contributed by atoms with E-state index in [0.29, 0.717) is 30.3 Å². The van der Waals surface area contributed by atoms with Gasteiger partial charge in [-0.1, -0.05) is 19.3 Å². The average molecular weight is 292 g/mol. The monoisotopic (exact) mass is 292 g/mol. The first-order chi connectivity index (χ1) is 10.2. The van der Waals surface area contributed by atoms with Crippen LogP contribution in [0, 0.1) is 5.92 Å². The maximum Gasteiger partial charge on any atom is 0.306 e. The van der Waals surface area contributed by atoms with Crippen molar-refractivity contribution in [1.82, 2.24) is 0 Å². The summed E-state index contributed by atoms with van der Waals surface area (Å²) < 4.78 is 10.6. The molecule has 3 rings (SSSR count). The van der Waals surface area contributed by atoms with Gasteiger partial charge in [0.2, 0.25) is 0 Å². The maximum absolute atomic E-state index is 10.4. The van der Waals surface area contributed by atoms with Crippen LogP contribution in [0.3, 0.4) is 0 Å². The molecule has 1 aromatic carbocycles. The predicted octanol–water partition coefficient (Wildman–Crippen LogP) is 2.92. The Labute approximate surface area is 123 Å². The van der Waals surface area contributed by atoms with Crippen LogP contribution >= 0.6 is 0 Å². The molecular weight excluding hydrogens is 272 g/mol. The van der Waals surface area contributed by atoms with Gasteiger partial charge in [-0.2, -0.15) is 0 Å². The highest BCUT2D eigenvalue weighted by Gasteiger charge is 2.19. The quantitative estimate of drug-likeness (QED) is 0.848. The van der Waals surface area contributed by atoms with E-state index in [1.165, 1.54) is 6.42 Å². The third-order valence-corrected chi connectivity index (χ3v) is 3.66. The summed E-state index contributed by atoms with van der Waals surface area (Å²) in [5.41, 5.74) is 0.610. The number of carboxylic acids is 1. The van der Waals surface area contributed by atoms with Gasteiger partial charge in [0.15, 0.2) is 11.5 Å². The second-order valence-corrected chi connectivity index (χ2v) is 5.19. The number of hydrogen-bond acceptors (Lipinski definition) is 4. The Kier molecular flexibility index (Phi) is 5.60. The van der Waals surface area contributed by atoms with Crippen molar-refractivity contribution < 1.29 is 24.2 Å². The highest BCUT2D eigenvalue weighted by atomic mass is 16.6. The van der Waals surface area contributed by atoms with Crippen LogP contribution in [0.4, 0.5) is 0 Å². The number of carboxylic acid groups (broad SMARTS) is 1. The number of ether oxygens (including phenoxy) is 2. The SMILES string of the molecule is O=C(O)C1CCCCC1.O=Cc1ccc2c(c1)OCCO2. The Morgan fingerprint density at radius 1 is 1.10 bits per heavy atom. The summed E-state index contributed by atoms with van der Waals surface area (Å²) >= 11 is 0. The summed E-state index contributed by atoms with van der Waals surface area (Å²) in [5.74, 6) is 0.742. The van der Waals surface area contributed by atoms with Crippen molar-refractivity contribution in [2.45, 2.75) is 32.1 Å². The van der Waals surface area contributed by atoms with Crippen LogP contribution < -0.4 is 9.47 Å². The Morgan fingerprint density at radius 2 is 1.76 bits per heavy atom. The molecule has 5 nitrogen and oxygen atoms in total. The van der Waals surface area contributed by atoms with Crippen molar-refractivity contribution in [3.8, 4) is 11.5 Å². The molecule has 0 radical (unpaired) electrons. The van der Waals surface area contributed by atoms with Gasteiger partial charge in [0.05, 0.1) is 5.92 Å². The number of carbonyl (C=O) groups is 2. The standard InChI is InChI=1S/C9H8O3.C7H12O2/c10-6-7-1-2-8-9(5-7)12-4-3-11-8;8-7(9)6-4-2-1-3-5-6/h1-2,5-6H,3-4H2;6H,1-5H2,(H,8,9). The molecule has 0 spiro atoms. The highest BCUT2D eigenvalue weighted by Crippen LogP contribution is 2.30. The first kappa shape index (κ1) is 15.4. The zero-order valence-corrected chi connectivity index (χ0v) is 11.9. The zero-order chi connectivity index (χ0) is 15.1. The molecule has 1 heterocycles. The summed E-state index contributed by atoms with van der Waals surface area (Å²) in [6, 6.07) is 5.14. The normalized spacial score (nSPS) is 17.3. The van der Waals surface area contributed by atoms with Gasteiger partial charge >= 0.3 is 5.97 Å². The first-order valence-electron chi connectivity index (χ1n) is 7.28. The lowest BCUT2D eigenvalue weighted by molar-refractivity contribution is -0.142. The van der Waals surface area contributed by atoms with Gasteiger partial charge in [-0.05, 0) is 31.0 Å². The van der Waals surface area contributed by atoms with Crippen LogP contribution in [0.1, 0.15) is 42.5 Å². The highest BCUT2D eigenvalue weighted by molar-refractivity contribution is 5.76. The molecule has 1 aliphatic heterocycles. The summed E-state index contributed by atoms with van der Waals surface area (Å²) in [7, 11) is 0. The number of benzene rings is 1. The second kappa shape index (κ2) is 7.67. The summed E-state index contributed by atoms with van der Waals surface area (Å²) in [6.07, 6.45) is 6.03. The van der Waals surface area contributed by atoms with Gasteiger partial charge in [-0.25, -0.2) is 0 Å². The lowest BCUT2D eigenvalue weighted by Crippen LogP contribution is -2.16. The number of rotatable bonds is 2. The van der Waals surface area contributed by atoms with Gasteiger partial charge < -0.3 is 14.6 Å². The molecule has 21 heavy (non-hydrogen) atoms. The molecule has 0 atom stereocenters. The molecule has 1 fully saturated rings. The molecule has 1 N–H and O–H groups in total. The average Bonchev–Trinajstić information content (AvgIpc) is 2.55. The van der Waals surface area contributed by atoms with Crippen LogP contribution in [0.15, 0.2) is 18.2 Å². The number of aldehydes is 1. The minimum atomic E-state index is -0.602. The van der Waals surface area contributed by atoms with Gasteiger partial charge in [0.25, 0.3) is 0 Å². The largest absolute Gasteiger partial charge is 0.486 e. The van der Waals surface area contributed by atoms with Gasteiger partial charge in [0.1, 0.15) is 19.5 Å². The minimum absolute atomic E-state index is 0.0289. The van der Waals surface area contributed by atoms with Gasteiger partial charge in [-0.15, -0.1) is 0 Å². The van der Waals surface area contributed by atoms with Crippen LogP contribution in [0.25, 0.3) is 0 Å². The van der Waals surface area contributed by atoms with Crippen LogP contribution in [-0.2, 0) is 4.79 Å². The molecule has 0 bridgehead atoms. The molecule has 2 aliphatic rings. The van der Waals surface area contributed by atoms with Crippen molar-refractivity contribution in [3.05, 3.63) is 23.8 Å². The smallest absolute Gasteiger partial charge is 0.306 e. The summed E-state index contributed by atoms with van der Waals surface area (Å²) in [6.45, 7) is 1.13. The molecule has 0 amide bonds. The van der Waals surface area contributed by atoms with E-state index in [9.17, 15) is 9.59 Å². The molecule has 114 valence electrons. The van der Waals surface area contributed by atoms with Crippen molar-refractivity contribution in [2.75, 3.05) is 13.2 Å². The van der Waals surface area contributed by atoms with E-state index in [-0.39, 0.29) is 5.92 Å². The number of hydrogen-bond donors (Lipinski definition) is 1. The molecule has 1 aliphatic carbocycles. The third kappa shape index (κ3) is 4.48. The van der Waals surface area contributed by atoms with Crippen LogP contribution in [0.5, 0.6) is 11.5 Å². The van der Waals surface area contributed by atoms with Crippen molar-refractivity contribution >= 4 is 12.3 Å². The van der Waals surface area contributed by atoms with Crippen molar-refractivity contribution in [3.63, 3.8) is 0 Å². The van der Waals surface area contributed by atoms with E-state index in [2.05, 4.69) is 0 Å². The van der Waals surface area contributed by atoms with E-state index < -0.39 is 5.97 Å². The maximum atomic E-state index is 10.4. The van der Waals surface area contributed by atoms with Crippen molar-refractivity contribution in [1.29, 1.82) is 0 Å². The minimum Gasteiger partial charge on any atom is -0.486 e. The first-order valence-corrected chi connectivity index (χ1v) is 7.28. The molecule has 5 heteroatoms. The predicted molar refractivity (Wildman–Crippen MR) is 77.0 cm³/mol. The van der Waals surface area contributed by atoms with E-state index in [0.717, 1.165) is 32.0 Å².